The van der Waals surface area contributed by atoms with Gasteiger partial charge in [-0.1, -0.05) is 6.07 Å². The van der Waals surface area contributed by atoms with Gasteiger partial charge in [-0.05, 0) is 56.8 Å². The fraction of sp³-hybridized carbons (Fsp3) is 0.560. The Bertz CT molecular complexity index is 943. The van der Waals surface area contributed by atoms with Crippen LogP contribution in [0.25, 0.3) is 0 Å². The van der Waals surface area contributed by atoms with Gasteiger partial charge in [-0.25, -0.2) is 9.97 Å². The third-order valence-electron chi connectivity index (χ3n) is 6.54. The summed E-state index contributed by atoms with van der Waals surface area (Å²) in [7, 11) is 3.43. The van der Waals surface area contributed by atoms with Crippen molar-refractivity contribution in [3.8, 4) is 5.75 Å². The van der Waals surface area contributed by atoms with Crippen LogP contribution in [-0.4, -0.2) is 66.1 Å². The minimum atomic E-state index is 0.0693. The molecule has 0 aliphatic carbocycles. The quantitative estimate of drug-likeness (QED) is 0.659. The van der Waals surface area contributed by atoms with Crippen molar-refractivity contribution in [1.82, 2.24) is 19.8 Å². The van der Waals surface area contributed by atoms with Gasteiger partial charge in [-0.15, -0.1) is 0 Å². The summed E-state index contributed by atoms with van der Waals surface area (Å²) in [6.07, 6.45) is 6.08. The standard InChI is InChI=1S/C25H34N4O3/c1-18-22(25(30)29-11-4-5-12-29)14-26-24(27-18)20-7-6-10-28(15-20)16-21-13-19(17-31-2)8-9-23(21)32-3/h8-9,13-14,20H,4-7,10-12,15-17H2,1-3H3/t20-/m1/s1. The van der Waals surface area contributed by atoms with Crippen molar-refractivity contribution in [2.24, 2.45) is 0 Å². The van der Waals surface area contributed by atoms with Gasteiger partial charge in [-0.3, -0.25) is 9.69 Å². The molecule has 2 aromatic rings. The maximum Gasteiger partial charge on any atom is 0.257 e. The number of ether oxygens (including phenoxy) is 2. The van der Waals surface area contributed by atoms with E-state index in [1.807, 2.05) is 24.0 Å². The molecule has 0 N–H and O–H groups in total. The average molecular weight is 439 g/mol. The van der Waals surface area contributed by atoms with Crippen molar-refractivity contribution in [3.05, 3.63) is 52.6 Å². The number of benzene rings is 1. The van der Waals surface area contributed by atoms with Gasteiger partial charge in [-0.2, -0.15) is 0 Å². The van der Waals surface area contributed by atoms with Crippen LogP contribution in [0.1, 0.15) is 64.6 Å². The second-order valence-corrected chi connectivity index (χ2v) is 8.88. The summed E-state index contributed by atoms with van der Waals surface area (Å²) >= 11 is 0. The smallest absolute Gasteiger partial charge is 0.257 e. The van der Waals surface area contributed by atoms with E-state index in [0.29, 0.717) is 12.2 Å². The zero-order chi connectivity index (χ0) is 22.5. The third-order valence-corrected chi connectivity index (χ3v) is 6.54. The Morgan fingerprint density at radius 2 is 1.97 bits per heavy atom. The second kappa shape index (κ2) is 10.4. The lowest BCUT2D eigenvalue weighted by molar-refractivity contribution is 0.0791. The van der Waals surface area contributed by atoms with Crippen LogP contribution in [-0.2, 0) is 17.9 Å². The van der Waals surface area contributed by atoms with E-state index in [9.17, 15) is 4.79 Å². The number of likely N-dealkylation sites (tertiary alicyclic amines) is 2. The van der Waals surface area contributed by atoms with Crippen LogP contribution in [0.5, 0.6) is 5.75 Å². The number of hydrogen-bond acceptors (Lipinski definition) is 6. The highest BCUT2D eigenvalue weighted by molar-refractivity contribution is 5.95. The number of methoxy groups -OCH3 is 2. The molecule has 2 aliphatic heterocycles. The maximum atomic E-state index is 12.8. The van der Waals surface area contributed by atoms with Crippen molar-refractivity contribution < 1.29 is 14.3 Å². The van der Waals surface area contributed by atoms with Gasteiger partial charge >= 0.3 is 0 Å². The first-order valence-corrected chi connectivity index (χ1v) is 11.6. The Morgan fingerprint density at radius 3 is 2.69 bits per heavy atom. The lowest BCUT2D eigenvalue weighted by atomic mass is 9.96. The molecule has 2 aliphatic rings. The Labute approximate surface area is 190 Å². The molecule has 1 aromatic carbocycles. The van der Waals surface area contributed by atoms with Crippen LogP contribution in [0, 0.1) is 6.92 Å². The number of aryl methyl sites for hydroxylation is 1. The molecule has 0 saturated carbocycles. The highest BCUT2D eigenvalue weighted by Crippen LogP contribution is 2.29. The molecule has 0 unspecified atom stereocenters. The Balaban J connectivity index is 1.45. The maximum absolute atomic E-state index is 12.8. The largest absolute Gasteiger partial charge is 0.496 e. The molecule has 1 atom stereocenters. The molecular formula is C25H34N4O3. The van der Waals surface area contributed by atoms with Gasteiger partial charge in [0.2, 0.25) is 0 Å². The molecule has 1 aromatic heterocycles. The van der Waals surface area contributed by atoms with Crippen molar-refractivity contribution >= 4 is 5.91 Å². The number of amides is 1. The third kappa shape index (κ3) is 5.10. The molecule has 0 radical (unpaired) electrons. The number of carbonyl (C=O) groups is 1. The van der Waals surface area contributed by atoms with Crippen molar-refractivity contribution in [2.75, 3.05) is 40.4 Å². The molecule has 4 rings (SSSR count). The SMILES string of the molecule is COCc1ccc(OC)c(CN2CCC[C@@H](c3ncc(C(=O)N4CCCC4)c(C)n3)C2)c1. The Kier molecular flexibility index (Phi) is 7.37. The summed E-state index contributed by atoms with van der Waals surface area (Å²) in [6.45, 7) is 6.96. The number of piperidine rings is 1. The van der Waals surface area contributed by atoms with E-state index >= 15 is 0 Å². The molecule has 7 nitrogen and oxygen atoms in total. The van der Waals surface area contributed by atoms with Crippen molar-refractivity contribution in [3.63, 3.8) is 0 Å². The first-order valence-electron chi connectivity index (χ1n) is 11.6. The van der Waals surface area contributed by atoms with E-state index in [2.05, 4.69) is 16.0 Å². The number of carbonyl (C=O) groups excluding carboxylic acids is 1. The summed E-state index contributed by atoms with van der Waals surface area (Å²) in [5.74, 6) is 2.10. The number of hydrogen-bond donors (Lipinski definition) is 0. The topological polar surface area (TPSA) is 67.8 Å². The monoisotopic (exact) mass is 438 g/mol. The lowest BCUT2D eigenvalue weighted by Crippen LogP contribution is -2.35. The van der Waals surface area contributed by atoms with E-state index in [-0.39, 0.29) is 11.8 Å². The first-order chi connectivity index (χ1) is 15.6. The molecule has 0 bridgehead atoms. The minimum Gasteiger partial charge on any atom is -0.496 e. The molecular weight excluding hydrogens is 404 g/mol. The molecule has 172 valence electrons. The summed E-state index contributed by atoms with van der Waals surface area (Å²) in [6, 6.07) is 6.24. The lowest BCUT2D eigenvalue weighted by Gasteiger charge is -2.32. The predicted molar refractivity (Wildman–Crippen MR) is 123 cm³/mol. The fourth-order valence-electron chi connectivity index (χ4n) is 4.84. The van der Waals surface area contributed by atoms with E-state index in [0.717, 1.165) is 81.2 Å². The average Bonchev–Trinajstić information content (AvgIpc) is 3.34. The number of rotatable bonds is 7. The summed E-state index contributed by atoms with van der Waals surface area (Å²) in [4.78, 5) is 26.5. The summed E-state index contributed by atoms with van der Waals surface area (Å²) < 4.78 is 10.9. The van der Waals surface area contributed by atoms with Gasteiger partial charge in [0.1, 0.15) is 11.6 Å². The molecule has 1 amide bonds. The zero-order valence-corrected chi connectivity index (χ0v) is 19.5. The van der Waals surface area contributed by atoms with Crippen LogP contribution in [0.4, 0.5) is 0 Å². The van der Waals surface area contributed by atoms with Crippen LogP contribution in [0.3, 0.4) is 0 Å². The molecule has 3 heterocycles. The van der Waals surface area contributed by atoms with Gasteiger partial charge in [0, 0.05) is 51.0 Å². The molecule has 2 saturated heterocycles. The zero-order valence-electron chi connectivity index (χ0n) is 19.5. The van der Waals surface area contributed by atoms with Gasteiger partial charge in [0.05, 0.1) is 25.0 Å². The molecule has 7 heteroatoms. The highest BCUT2D eigenvalue weighted by Gasteiger charge is 2.27. The summed E-state index contributed by atoms with van der Waals surface area (Å²) in [5, 5.41) is 0. The van der Waals surface area contributed by atoms with Crippen LogP contribution in [0.15, 0.2) is 24.4 Å². The Hall–Kier alpha value is -2.51. The van der Waals surface area contributed by atoms with Crippen molar-refractivity contribution in [1.29, 1.82) is 0 Å². The Morgan fingerprint density at radius 1 is 1.16 bits per heavy atom. The van der Waals surface area contributed by atoms with E-state index in [1.54, 1.807) is 20.4 Å². The fourth-order valence-corrected chi connectivity index (χ4v) is 4.84. The van der Waals surface area contributed by atoms with E-state index < -0.39 is 0 Å². The minimum absolute atomic E-state index is 0.0693. The summed E-state index contributed by atoms with van der Waals surface area (Å²) in [5.41, 5.74) is 3.75. The molecule has 32 heavy (non-hydrogen) atoms. The van der Waals surface area contributed by atoms with Crippen LogP contribution in [0.2, 0.25) is 0 Å². The van der Waals surface area contributed by atoms with Gasteiger partial charge < -0.3 is 14.4 Å². The first kappa shape index (κ1) is 22.7. The van der Waals surface area contributed by atoms with Crippen LogP contribution < -0.4 is 4.74 Å². The second-order valence-electron chi connectivity index (χ2n) is 8.88. The number of aromatic nitrogens is 2. The van der Waals surface area contributed by atoms with Gasteiger partial charge in [0.15, 0.2) is 0 Å². The van der Waals surface area contributed by atoms with Gasteiger partial charge in [0.25, 0.3) is 5.91 Å². The van der Waals surface area contributed by atoms with E-state index in [1.165, 1.54) is 5.56 Å². The molecule has 0 spiro atoms. The van der Waals surface area contributed by atoms with E-state index in [4.69, 9.17) is 14.5 Å². The van der Waals surface area contributed by atoms with Crippen LogP contribution >= 0.6 is 0 Å². The normalized spacial score (nSPS) is 19.3. The highest BCUT2D eigenvalue weighted by atomic mass is 16.5. The molecule has 2 fully saturated rings. The number of nitrogens with zero attached hydrogens (tertiary/aromatic N) is 4. The predicted octanol–water partition coefficient (Wildman–Crippen LogP) is 3.56. The van der Waals surface area contributed by atoms with Crippen molar-refractivity contribution in [2.45, 2.75) is 51.7 Å².